The Labute approximate surface area is 159 Å². The van der Waals surface area contributed by atoms with Gasteiger partial charge in [0.05, 0.1) is 24.6 Å². The molecule has 4 rings (SSSR count). The molecule has 0 saturated carbocycles. The number of fused-ring (bicyclic) bond motifs is 2. The van der Waals surface area contributed by atoms with Crippen molar-refractivity contribution in [2.24, 2.45) is 0 Å². The third-order valence-corrected chi connectivity index (χ3v) is 5.27. The number of benzene rings is 2. The Balaban J connectivity index is 1.45. The van der Waals surface area contributed by atoms with Gasteiger partial charge in [0.1, 0.15) is 11.6 Å². The number of nitrogens with one attached hydrogen (secondary N) is 2. The molecule has 1 amide bonds. The highest BCUT2D eigenvalue weighted by atomic mass is 16.5. The van der Waals surface area contributed by atoms with Crippen LogP contribution >= 0.6 is 0 Å². The molecular formula is C22H25N3O2. The minimum Gasteiger partial charge on any atom is -0.496 e. The number of methoxy groups -OCH3 is 1. The molecule has 5 nitrogen and oxygen atoms in total. The molecule has 1 heterocycles. The molecule has 27 heavy (non-hydrogen) atoms. The monoisotopic (exact) mass is 363 g/mol. The summed E-state index contributed by atoms with van der Waals surface area (Å²) in [5, 5.41) is 3.00. The van der Waals surface area contributed by atoms with Crippen molar-refractivity contribution in [3.63, 3.8) is 0 Å². The highest BCUT2D eigenvalue weighted by Gasteiger charge is 2.16. The molecule has 0 unspecified atom stereocenters. The van der Waals surface area contributed by atoms with Gasteiger partial charge < -0.3 is 15.0 Å². The van der Waals surface area contributed by atoms with E-state index in [1.807, 2.05) is 6.92 Å². The van der Waals surface area contributed by atoms with Crippen LogP contribution in [0.15, 0.2) is 24.3 Å². The summed E-state index contributed by atoms with van der Waals surface area (Å²) in [5.74, 6) is 1.49. The maximum atomic E-state index is 12.4. The maximum absolute atomic E-state index is 12.4. The summed E-state index contributed by atoms with van der Waals surface area (Å²) in [6.07, 6.45) is 3.65. The number of imidazole rings is 1. The van der Waals surface area contributed by atoms with E-state index in [9.17, 15) is 4.79 Å². The van der Waals surface area contributed by atoms with Crippen molar-refractivity contribution in [3.8, 4) is 5.75 Å². The average Bonchev–Trinajstić information content (AvgIpc) is 3.24. The van der Waals surface area contributed by atoms with Crippen LogP contribution in [-0.2, 0) is 30.6 Å². The van der Waals surface area contributed by atoms with E-state index in [1.165, 1.54) is 23.1 Å². The van der Waals surface area contributed by atoms with Gasteiger partial charge in [0.15, 0.2) is 0 Å². The second kappa shape index (κ2) is 7.06. The van der Waals surface area contributed by atoms with Gasteiger partial charge in [-0.05, 0) is 67.5 Å². The minimum atomic E-state index is -0.0500. The molecule has 0 radical (unpaired) electrons. The van der Waals surface area contributed by atoms with Crippen LogP contribution < -0.4 is 10.1 Å². The molecule has 0 aliphatic heterocycles. The number of H-pyrrole nitrogens is 1. The second-order valence-electron chi connectivity index (χ2n) is 7.40. The summed E-state index contributed by atoms with van der Waals surface area (Å²) < 4.78 is 5.52. The fraction of sp³-hybridized carbons (Fsp3) is 0.364. The number of amides is 1. The third kappa shape index (κ3) is 3.54. The van der Waals surface area contributed by atoms with Crippen LogP contribution in [0.5, 0.6) is 5.75 Å². The first kappa shape index (κ1) is 17.6. The lowest BCUT2D eigenvalue weighted by Crippen LogP contribution is -2.25. The summed E-state index contributed by atoms with van der Waals surface area (Å²) in [6.45, 7) is 4.57. The van der Waals surface area contributed by atoms with E-state index in [2.05, 4.69) is 46.5 Å². The summed E-state index contributed by atoms with van der Waals surface area (Å²) in [7, 11) is 1.68. The highest BCUT2D eigenvalue weighted by molar-refractivity contribution is 5.82. The smallest absolute Gasteiger partial charge is 0.227 e. The summed E-state index contributed by atoms with van der Waals surface area (Å²) >= 11 is 0. The zero-order valence-corrected chi connectivity index (χ0v) is 16.1. The van der Waals surface area contributed by atoms with Crippen LogP contribution in [-0.4, -0.2) is 23.0 Å². The molecule has 1 aliphatic carbocycles. The predicted molar refractivity (Wildman–Crippen MR) is 106 cm³/mol. The Morgan fingerprint density at radius 1 is 1.19 bits per heavy atom. The standard InChI is InChI=1S/C22H25N3O2/c1-13-7-14(2)22-18(8-13)24-20(25-22)11-21(26)23-12-17-9-15-5-4-6-16(15)10-19(17)27-3/h7-10H,4-6,11-12H2,1-3H3,(H,23,26)(H,24,25). The van der Waals surface area contributed by atoms with Gasteiger partial charge in [0.2, 0.25) is 5.91 Å². The lowest BCUT2D eigenvalue weighted by atomic mass is 10.0. The van der Waals surface area contributed by atoms with Crippen LogP contribution in [0.4, 0.5) is 0 Å². The third-order valence-electron chi connectivity index (χ3n) is 5.27. The zero-order valence-electron chi connectivity index (χ0n) is 16.1. The molecule has 0 saturated heterocycles. The number of carbonyl (C=O) groups is 1. The van der Waals surface area contributed by atoms with Gasteiger partial charge in [0, 0.05) is 12.1 Å². The molecule has 0 bridgehead atoms. The predicted octanol–water partition coefficient (Wildman–Crippen LogP) is 3.54. The first-order valence-corrected chi connectivity index (χ1v) is 9.44. The van der Waals surface area contributed by atoms with Crippen molar-refractivity contribution >= 4 is 16.9 Å². The molecule has 1 aliphatic rings. The van der Waals surface area contributed by atoms with Crippen molar-refractivity contribution in [2.75, 3.05) is 7.11 Å². The molecular weight excluding hydrogens is 338 g/mol. The fourth-order valence-electron chi connectivity index (χ4n) is 3.99. The second-order valence-corrected chi connectivity index (χ2v) is 7.40. The van der Waals surface area contributed by atoms with Crippen LogP contribution in [0.2, 0.25) is 0 Å². The molecule has 2 aromatic carbocycles. The van der Waals surface area contributed by atoms with Crippen LogP contribution in [0, 0.1) is 13.8 Å². The Bertz CT molecular complexity index is 1020. The normalized spacial score (nSPS) is 13.0. The molecule has 0 atom stereocenters. The SMILES string of the molecule is COc1cc2c(cc1CNC(=O)Cc1nc3c(C)cc(C)cc3[nH]1)CCC2. The number of aromatic amines is 1. The first-order chi connectivity index (χ1) is 13.0. The first-order valence-electron chi connectivity index (χ1n) is 9.44. The number of ether oxygens (including phenoxy) is 1. The quantitative estimate of drug-likeness (QED) is 0.729. The molecule has 140 valence electrons. The van der Waals surface area contributed by atoms with Gasteiger partial charge in [0.25, 0.3) is 0 Å². The van der Waals surface area contributed by atoms with Crippen molar-refractivity contribution in [3.05, 3.63) is 57.9 Å². The number of carbonyl (C=O) groups excluding carboxylic acids is 1. The van der Waals surface area contributed by atoms with E-state index in [-0.39, 0.29) is 12.3 Å². The number of aromatic nitrogens is 2. The van der Waals surface area contributed by atoms with Gasteiger partial charge in [-0.25, -0.2) is 4.98 Å². The molecule has 0 spiro atoms. The van der Waals surface area contributed by atoms with Crippen LogP contribution in [0.1, 0.15) is 40.1 Å². The lowest BCUT2D eigenvalue weighted by Gasteiger charge is -2.12. The van der Waals surface area contributed by atoms with Gasteiger partial charge in [-0.3, -0.25) is 4.79 Å². The van der Waals surface area contributed by atoms with Gasteiger partial charge in [-0.15, -0.1) is 0 Å². The number of nitrogens with zero attached hydrogens (tertiary/aromatic N) is 1. The zero-order chi connectivity index (χ0) is 19.0. The molecule has 5 heteroatoms. The van der Waals surface area contributed by atoms with Gasteiger partial charge >= 0.3 is 0 Å². The van der Waals surface area contributed by atoms with Gasteiger partial charge in [-0.1, -0.05) is 12.1 Å². The van der Waals surface area contributed by atoms with Crippen molar-refractivity contribution < 1.29 is 9.53 Å². The molecule has 3 aromatic rings. The number of rotatable bonds is 5. The van der Waals surface area contributed by atoms with Crippen molar-refractivity contribution in [1.29, 1.82) is 0 Å². The van der Waals surface area contributed by atoms with Crippen LogP contribution in [0.3, 0.4) is 0 Å². The molecule has 1 aromatic heterocycles. The van der Waals surface area contributed by atoms with E-state index >= 15 is 0 Å². The van der Waals surface area contributed by atoms with E-state index < -0.39 is 0 Å². The Morgan fingerprint density at radius 3 is 2.74 bits per heavy atom. The maximum Gasteiger partial charge on any atom is 0.227 e. The fourth-order valence-corrected chi connectivity index (χ4v) is 3.99. The Kier molecular flexibility index (Phi) is 4.60. The van der Waals surface area contributed by atoms with E-state index in [0.29, 0.717) is 12.4 Å². The molecule has 2 N–H and O–H groups in total. The Morgan fingerprint density at radius 2 is 1.96 bits per heavy atom. The summed E-state index contributed by atoms with van der Waals surface area (Å²) in [4.78, 5) is 20.3. The van der Waals surface area contributed by atoms with Gasteiger partial charge in [-0.2, -0.15) is 0 Å². The molecule has 0 fully saturated rings. The lowest BCUT2D eigenvalue weighted by molar-refractivity contribution is -0.120. The van der Waals surface area contributed by atoms with Crippen molar-refractivity contribution in [1.82, 2.24) is 15.3 Å². The average molecular weight is 363 g/mol. The summed E-state index contributed by atoms with van der Waals surface area (Å²) in [5.41, 5.74) is 8.00. The van der Waals surface area contributed by atoms with E-state index in [0.717, 1.165) is 40.8 Å². The topological polar surface area (TPSA) is 67.0 Å². The van der Waals surface area contributed by atoms with E-state index in [4.69, 9.17) is 4.74 Å². The Hall–Kier alpha value is -2.82. The highest BCUT2D eigenvalue weighted by Crippen LogP contribution is 2.29. The summed E-state index contributed by atoms with van der Waals surface area (Å²) in [6, 6.07) is 8.46. The number of aryl methyl sites for hydroxylation is 4. The number of hydrogen-bond acceptors (Lipinski definition) is 3. The minimum absolute atomic E-state index is 0.0500. The van der Waals surface area contributed by atoms with Crippen molar-refractivity contribution in [2.45, 2.75) is 46.1 Å². The largest absolute Gasteiger partial charge is 0.496 e. The number of hydrogen-bond donors (Lipinski definition) is 2. The van der Waals surface area contributed by atoms with Crippen LogP contribution in [0.25, 0.3) is 11.0 Å². The van der Waals surface area contributed by atoms with E-state index in [1.54, 1.807) is 7.11 Å².